The zero-order valence-electron chi connectivity index (χ0n) is 7.26. The van der Waals surface area contributed by atoms with Crippen molar-refractivity contribution >= 4 is 15.9 Å². The number of rotatable bonds is 2. The molecule has 3 heteroatoms. The summed E-state index contributed by atoms with van der Waals surface area (Å²) in [5, 5.41) is 0. The second-order valence-electron chi connectivity index (χ2n) is 3.65. The van der Waals surface area contributed by atoms with E-state index in [1.54, 1.807) is 6.20 Å². The first-order valence-electron chi connectivity index (χ1n) is 4.47. The van der Waals surface area contributed by atoms with Gasteiger partial charge < -0.3 is 0 Å². The quantitative estimate of drug-likeness (QED) is 0.777. The minimum absolute atomic E-state index is 0.465. The fraction of sp³-hybridized carbons (Fsp3) is 0.500. The van der Waals surface area contributed by atoms with Crippen LogP contribution in [0.25, 0.3) is 0 Å². The Bertz CT molecular complexity index is 310. The van der Waals surface area contributed by atoms with Gasteiger partial charge in [0.2, 0.25) is 0 Å². The van der Waals surface area contributed by atoms with Gasteiger partial charge in [0.25, 0.3) is 0 Å². The molecule has 0 saturated heterocycles. The minimum atomic E-state index is -0.964. The highest BCUT2D eigenvalue weighted by atomic mass is 79.9. The van der Waals surface area contributed by atoms with Gasteiger partial charge in [-0.2, -0.15) is 0 Å². The van der Waals surface area contributed by atoms with Gasteiger partial charge in [-0.05, 0) is 31.4 Å². The standard InChI is InChI=1S/C10H11BrFN/c11-8-2-5-13-9(6-8)7-10(12)3-1-4-10/h2,5-6H,1,3-4,7H2. The number of aromatic nitrogens is 1. The van der Waals surface area contributed by atoms with Crippen LogP contribution >= 0.6 is 15.9 Å². The van der Waals surface area contributed by atoms with Crippen molar-refractivity contribution in [1.82, 2.24) is 4.98 Å². The SMILES string of the molecule is FC1(Cc2cc(Br)ccn2)CCC1. The van der Waals surface area contributed by atoms with Crippen LogP contribution in [0.15, 0.2) is 22.8 Å². The van der Waals surface area contributed by atoms with E-state index in [2.05, 4.69) is 20.9 Å². The minimum Gasteiger partial charge on any atom is -0.261 e. The number of nitrogens with zero attached hydrogens (tertiary/aromatic N) is 1. The lowest BCUT2D eigenvalue weighted by atomic mass is 9.79. The van der Waals surface area contributed by atoms with Crippen LogP contribution in [-0.4, -0.2) is 10.7 Å². The van der Waals surface area contributed by atoms with Crippen molar-refractivity contribution in [2.75, 3.05) is 0 Å². The largest absolute Gasteiger partial charge is 0.261 e. The summed E-state index contributed by atoms with van der Waals surface area (Å²) in [5.41, 5.74) is -0.120. The first kappa shape index (κ1) is 9.13. The van der Waals surface area contributed by atoms with Crippen LogP contribution in [0.4, 0.5) is 4.39 Å². The van der Waals surface area contributed by atoms with E-state index in [9.17, 15) is 4.39 Å². The first-order valence-corrected chi connectivity index (χ1v) is 5.27. The molecule has 1 nitrogen and oxygen atoms in total. The van der Waals surface area contributed by atoms with E-state index in [4.69, 9.17) is 0 Å². The molecule has 1 heterocycles. The first-order chi connectivity index (χ1) is 6.18. The summed E-state index contributed by atoms with van der Waals surface area (Å²) in [6, 6.07) is 3.74. The summed E-state index contributed by atoms with van der Waals surface area (Å²) in [5.74, 6) is 0. The molecule has 0 aliphatic heterocycles. The lowest BCUT2D eigenvalue weighted by molar-refractivity contribution is 0.0630. The Morgan fingerprint density at radius 1 is 1.54 bits per heavy atom. The Morgan fingerprint density at radius 3 is 2.85 bits per heavy atom. The highest BCUT2D eigenvalue weighted by molar-refractivity contribution is 9.10. The van der Waals surface area contributed by atoms with Gasteiger partial charge in [0.15, 0.2) is 0 Å². The summed E-state index contributed by atoms with van der Waals surface area (Å²) < 4.78 is 14.6. The Kier molecular flexibility index (Phi) is 2.37. The fourth-order valence-electron chi connectivity index (χ4n) is 1.61. The van der Waals surface area contributed by atoms with E-state index in [-0.39, 0.29) is 0 Å². The molecule has 0 radical (unpaired) electrons. The molecule has 0 unspecified atom stereocenters. The van der Waals surface area contributed by atoms with Crippen molar-refractivity contribution in [2.24, 2.45) is 0 Å². The third kappa shape index (κ3) is 2.08. The molecule has 1 aliphatic rings. The Labute approximate surface area is 85.5 Å². The van der Waals surface area contributed by atoms with Gasteiger partial charge in [-0.15, -0.1) is 0 Å². The number of halogens is 2. The molecule has 0 atom stereocenters. The molecule has 2 rings (SSSR count). The Morgan fingerprint density at radius 2 is 2.31 bits per heavy atom. The number of hydrogen-bond donors (Lipinski definition) is 0. The smallest absolute Gasteiger partial charge is 0.116 e. The van der Waals surface area contributed by atoms with Crippen LogP contribution in [0.3, 0.4) is 0 Å². The van der Waals surface area contributed by atoms with Gasteiger partial charge in [-0.3, -0.25) is 4.98 Å². The van der Waals surface area contributed by atoms with Crippen LogP contribution in [-0.2, 0) is 6.42 Å². The second-order valence-corrected chi connectivity index (χ2v) is 4.56. The Hall–Kier alpha value is -0.440. The molecular formula is C10H11BrFN. The number of alkyl halides is 1. The lowest BCUT2D eigenvalue weighted by Gasteiger charge is -2.33. The average molecular weight is 244 g/mol. The molecule has 0 bridgehead atoms. The van der Waals surface area contributed by atoms with Gasteiger partial charge in [-0.1, -0.05) is 15.9 Å². The fourth-order valence-corrected chi connectivity index (χ4v) is 1.99. The molecule has 1 aliphatic carbocycles. The maximum absolute atomic E-state index is 13.7. The zero-order chi connectivity index (χ0) is 9.31. The third-order valence-corrected chi connectivity index (χ3v) is 3.02. The van der Waals surface area contributed by atoms with Crippen LogP contribution in [0, 0.1) is 0 Å². The van der Waals surface area contributed by atoms with E-state index in [0.717, 1.165) is 16.6 Å². The van der Waals surface area contributed by atoms with Crippen molar-refractivity contribution in [2.45, 2.75) is 31.4 Å². The molecule has 1 saturated carbocycles. The van der Waals surface area contributed by atoms with Gasteiger partial charge in [0, 0.05) is 22.8 Å². The highest BCUT2D eigenvalue weighted by Crippen LogP contribution is 2.38. The highest BCUT2D eigenvalue weighted by Gasteiger charge is 2.37. The average Bonchev–Trinajstić information content (AvgIpc) is 2.01. The lowest BCUT2D eigenvalue weighted by Crippen LogP contribution is -2.34. The topological polar surface area (TPSA) is 12.9 Å². The van der Waals surface area contributed by atoms with Crippen molar-refractivity contribution in [3.05, 3.63) is 28.5 Å². The maximum Gasteiger partial charge on any atom is 0.116 e. The monoisotopic (exact) mass is 243 g/mol. The van der Waals surface area contributed by atoms with Crippen LogP contribution in [0.2, 0.25) is 0 Å². The summed E-state index contributed by atoms with van der Waals surface area (Å²) >= 11 is 3.35. The van der Waals surface area contributed by atoms with Gasteiger partial charge in [-0.25, -0.2) is 4.39 Å². The predicted molar refractivity (Wildman–Crippen MR) is 53.3 cm³/mol. The van der Waals surface area contributed by atoms with E-state index in [0.29, 0.717) is 19.3 Å². The van der Waals surface area contributed by atoms with Gasteiger partial charge in [0.05, 0.1) is 0 Å². The molecule has 70 valence electrons. The van der Waals surface area contributed by atoms with E-state index < -0.39 is 5.67 Å². The number of pyridine rings is 1. The second kappa shape index (κ2) is 3.37. The predicted octanol–water partition coefficient (Wildman–Crippen LogP) is 3.28. The molecule has 1 fully saturated rings. The van der Waals surface area contributed by atoms with Gasteiger partial charge in [0.1, 0.15) is 5.67 Å². The molecule has 1 aromatic heterocycles. The van der Waals surface area contributed by atoms with Crippen LogP contribution in [0.5, 0.6) is 0 Å². The van der Waals surface area contributed by atoms with Gasteiger partial charge >= 0.3 is 0 Å². The van der Waals surface area contributed by atoms with E-state index in [1.165, 1.54) is 0 Å². The molecule has 0 amide bonds. The van der Waals surface area contributed by atoms with Crippen LogP contribution in [0.1, 0.15) is 25.0 Å². The van der Waals surface area contributed by atoms with E-state index in [1.807, 2.05) is 12.1 Å². The molecule has 0 N–H and O–H groups in total. The number of hydrogen-bond acceptors (Lipinski definition) is 1. The maximum atomic E-state index is 13.7. The van der Waals surface area contributed by atoms with Crippen molar-refractivity contribution in [3.8, 4) is 0 Å². The summed E-state index contributed by atoms with van der Waals surface area (Å²) in [7, 11) is 0. The molecule has 1 aromatic rings. The van der Waals surface area contributed by atoms with Crippen molar-refractivity contribution < 1.29 is 4.39 Å². The summed E-state index contributed by atoms with van der Waals surface area (Å²) in [6.07, 6.45) is 4.58. The summed E-state index contributed by atoms with van der Waals surface area (Å²) in [6.45, 7) is 0. The van der Waals surface area contributed by atoms with Crippen molar-refractivity contribution in [3.63, 3.8) is 0 Å². The third-order valence-electron chi connectivity index (χ3n) is 2.53. The zero-order valence-corrected chi connectivity index (χ0v) is 8.85. The Balaban J connectivity index is 2.09. The van der Waals surface area contributed by atoms with Crippen molar-refractivity contribution in [1.29, 1.82) is 0 Å². The molecule has 0 aromatic carbocycles. The molecular weight excluding hydrogens is 233 g/mol. The van der Waals surface area contributed by atoms with E-state index >= 15 is 0 Å². The molecule has 13 heavy (non-hydrogen) atoms. The normalized spacial score (nSPS) is 19.5. The molecule has 0 spiro atoms. The summed E-state index contributed by atoms with van der Waals surface area (Å²) in [4.78, 5) is 4.14. The van der Waals surface area contributed by atoms with Crippen LogP contribution < -0.4 is 0 Å².